The SMILES string of the molecule is CCOCCOCc1ccccc1I. The molecule has 1 aromatic rings. The second kappa shape index (κ2) is 7.20. The third kappa shape index (κ3) is 4.39. The molecule has 0 saturated heterocycles. The Morgan fingerprint density at radius 1 is 1.14 bits per heavy atom. The lowest BCUT2D eigenvalue weighted by atomic mass is 10.2. The summed E-state index contributed by atoms with van der Waals surface area (Å²) in [6, 6.07) is 8.24. The minimum atomic E-state index is 0.665. The molecule has 0 unspecified atom stereocenters. The van der Waals surface area contributed by atoms with E-state index in [0.29, 0.717) is 19.8 Å². The van der Waals surface area contributed by atoms with Crippen LogP contribution in [0.25, 0.3) is 0 Å². The molecule has 0 aliphatic carbocycles. The van der Waals surface area contributed by atoms with E-state index in [-0.39, 0.29) is 0 Å². The number of ether oxygens (including phenoxy) is 2. The van der Waals surface area contributed by atoms with Gasteiger partial charge in [0.05, 0.1) is 19.8 Å². The Bertz CT molecular complexity index is 263. The summed E-state index contributed by atoms with van der Waals surface area (Å²) in [5, 5.41) is 0. The van der Waals surface area contributed by atoms with Crippen LogP contribution in [0.5, 0.6) is 0 Å². The van der Waals surface area contributed by atoms with Gasteiger partial charge in [0.15, 0.2) is 0 Å². The Hall–Kier alpha value is -0.130. The molecule has 1 aromatic carbocycles. The molecule has 0 amide bonds. The molecule has 0 aromatic heterocycles. The highest BCUT2D eigenvalue weighted by Crippen LogP contribution is 2.12. The fraction of sp³-hybridized carbons (Fsp3) is 0.455. The van der Waals surface area contributed by atoms with Crippen molar-refractivity contribution in [1.82, 2.24) is 0 Å². The molecule has 0 atom stereocenters. The Balaban J connectivity index is 2.21. The second-order valence-corrected chi connectivity index (χ2v) is 4.00. The lowest BCUT2D eigenvalue weighted by Gasteiger charge is -2.05. The lowest BCUT2D eigenvalue weighted by Crippen LogP contribution is -2.04. The number of hydrogen-bond donors (Lipinski definition) is 0. The van der Waals surface area contributed by atoms with Crippen molar-refractivity contribution < 1.29 is 9.47 Å². The molecule has 1 rings (SSSR count). The van der Waals surface area contributed by atoms with Gasteiger partial charge in [-0.05, 0) is 41.1 Å². The monoisotopic (exact) mass is 306 g/mol. The summed E-state index contributed by atoms with van der Waals surface area (Å²) in [4.78, 5) is 0. The standard InChI is InChI=1S/C11H15IO2/c1-2-13-7-8-14-9-10-5-3-4-6-11(10)12/h3-6H,2,7-9H2,1H3. The van der Waals surface area contributed by atoms with E-state index < -0.39 is 0 Å². The maximum absolute atomic E-state index is 5.47. The number of hydrogen-bond acceptors (Lipinski definition) is 2. The van der Waals surface area contributed by atoms with Gasteiger partial charge in [-0.3, -0.25) is 0 Å². The van der Waals surface area contributed by atoms with E-state index in [1.54, 1.807) is 0 Å². The van der Waals surface area contributed by atoms with Crippen molar-refractivity contribution in [2.75, 3.05) is 19.8 Å². The first-order valence-electron chi connectivity index (χ1n) is 4.73. The van der Waals surface area contributed by atoms with Gasteiger partial charge in [0.1, 0.15) is 0 Å². The van der Waals surface area contributed by atoms with Crippen LogP contribution in [0.3, 0.4) is 0 Å². The minimum Gasteiger partial charge on any atom is -0.379 e. The molecule has 0 heterocycles. The molecule has 3 heteroatoms. The zero-order chi connectivity index (χ0) is 10.2. The zero-order valence-corrected chi connectivity index (χ0v) is 10.5. The van der Waals surface area contributed by atoms with Crippen molar-refractivity contribution in [3.05, 3.63) is 33.4 Å². The van der Waals surface area contributed by atoms with Crippen LogP contribution in [0, 0.1) is 3.57 Å². The third-order valence-electron chi connectivity index (χ3n) is 1.79. The van der Waals surface area contributed by atoms with E-state index >= 15 is 0 Å². The fourth-order valence-electron chi connectivity index (χ4n) is 1.06. The van der Waals surface area contributed by atoms with Gasteiger partial charge in [-0.2, -0.15) is 0 Å². The Kier molecular flexibility index (Phi) is 6.14. The molecule has 0 spiro atoms. The van der Waals surface area contributed by atoms with Gasteiger partial charge in [0.25, 0.3) is 0 Å². The van der Waals surface area contributed by atoms with Crippen molar-refractivity contribution in [2.45, 2.75) is 13.5 Å². The van der Waals surface area contributed by atoms with Gasteiger partial charge >= 0.3 is 0 Å². The summed E-state index contributed by atoms with van der Waals surface area (Å²) in [7, 11) is 0. The summed E-state index contributed by atoms with van der Waals surface area (Å²) < 4.78 is 11.9. The van der Waals surface area contributed by atoms with E-state index in [1.807, 2.05) is 19.1 Å². The highest BCUT2D eigenvalue weighted by Gasteiger charge is 1.97. The molecule has 0 fully saturated rings. The molecule has 0 saturated carbocycles. The van der Waals surface area contributed by atoms with Crippen LogP contribution < -0.4 is 0 Å². The van der Waals surface area contributed by atoms with Crippen LogP contribution in [0.1, 0.15) is 12.5 Å². The summed E-state index contributed by atoms with van der Waals surface area (Å²) in [5.74, 6) is 0. The average molecular weight is 306 g/mol. The molecular formula is C11H15IO2. The average Bonchev–Trinajstić information content (AvgIpc) is 2.20. The minimum absolute atomic E-state index is 0.665. The van der Waals surface area contributed by atoms with Crippen LogP contribution in [0.4, 0.5) is 0 Å². The Labute approximate surface area is 98.7 Å². The first-order chi connectivity index (χ1) is 6.84. The smallest absolute Gasteiger partial charge is 0.0728 e. The van der Waals surface area contributed by atoms with Gasteiger partial charge in [-0.1, -0.05) is 18.2 Å². The molecule has 2 nitrogen and oxygen atoms in total. The number of rotatable bonds is 6. The van der Waals surface area contributed by atoms with E-state index in [4.69, 9.17) is 9.47 Å². The van der Waals surface area contributed by atoms with Gasteiger partial charge in [-0.15, -0.1) is 0 Å². The molecule has 0 N–H and O–H groups in total. The molecule has 14 heavy (non-hydrogen) atoms. The molecule has 0 radical (unpaired) electrons. The number of halogens is 1. The molecule has 0 aliphatic heterocycles. The normalized spacial score (nSPS) is 10.4. The first-order valence-corrected chi connectivity index (χ1v) is 5.81. The van der Waals surface area contributed by atoms with Crippen LogP contribution in [0.2, 0.25) is 0 Å². The third-order valence-corrected chi connectivity index (χ3v) is 2.84. The maximum Gasteiger partial charge on any atom is 0.0728 e. The quantitative estimate of drug-likeness (QED) is 0.594. The van der Waals surface area contributed by atoms with E-state index in [2.05, 4.69) is 34.7 Å². The van der Waals surface area contributed by atoms with Crippen molar-refractivity contribution in [3.63, 3.8) is 0 Å². The predicted molar refractivity (Wildman–Crippen MR) is 65.3 cm³/mol. The van der Waals surface area contributed by atoms with Gasteiger partial charge in [0, 0.05) is 10.2 Å². The maximum atomic E-state index is 5.47. The molecule has 0 aliphatic rings. The topological polar surface area (TPSA) is 18.5 Å². The van der Waals surface area contributed by atoms with Gasteiger partial charge in [-0.25, -0.2) is 0 Å². The summed E-state index contributed by atoms with van der Waals surface area (Å²) >= 11 is 2.32. The molecular weight excluding hydrogens is 291 g/mol. The summed E-state index contributed by atoms with van der Waals surface area (Å²) in [6.07, 6.45) is 0. The van der Waals surface area contributed by atoms with Crippen molar-refractivity contribution in [2.24, 2.45) is 0 Å². The highest BCUT2D eigenvalue weighted by molar-refractivity contribution is 14.1. The second-order valence-electron chi connectivity index (χ2n) is 2.84. The number of benzene rings is 1. The molecule has 78 valence electrons. The summed E-state index contributed by atoms with van der Waals surface area (Å²) in [5.41, 5.74) is 1.24. The first kappa shape index (κ1) is 11.9. The fourth-order valence-corrected chi connectivity index (χ4v) is 1.60. The Morgan fingerprint density at radius 3 is 2.57 bits per heavy atom. The Morgan fingerprint density at radius 2 is 1.86 bits per heavy atom. The van der Waals surface area contributed by atoms with Crippen molar-refractivity contribution >= 4 is 22.6 Å². The van der Waals surface area contributed by atoms with E-state index in [1.165, 1.54) is 9.13 Å². The van der Waals surface area contributed by atoms with Crippen molar-refractivity contribution in [3.8, 4) is 0 Å². The van der Waals surface area contributed by atoms with Crippen LogP contribution in [0.15, 0.2) is 24.3 Å². The van der Waals surface area contributed by atoms with Gasteiger partial charge < -0.3 is 9.47 Å². The van der Waals surface area contributed by atoms with E-state index in [9.17, 15) is 0 Å². The highest BCUT2D eigenvalue weighted by atomic mass is 127. The van der Waals surface area contributed by atoms with Crippen LogP contribution in [-0.4, -0.2) is 19.8 Å². The van der Waals surface area contributed by atoms with Crippen LogP contribution in [-0.2, 0) is 16.1 Å². The van der Waals surface area contributed by atoms with Crippen LogP contribution >= 0.6 is 22.6 Å². The largest absolute Gasteiger partial charge is 0.379 e. The lowest BCUT2D eigenvalue weighted by molar-refractivity contribution is 0.0451. The zero-order valence-electron chi connectivity index (χ0n) is 8.33. The van der Waals surface area contributed by atoms with E-state index in [0.717, 1.165) is 6.61 Å². The molecule has 0 bridgehead atoms. The summed E-state index contributed by atoms with van der Waals surface area (Å²) in [6.45, 7) is 4.76. The van der Waals surface area contributed by atoms with Gasteiger partial charge in [0.2, 0.25) is 0 Å². The predicted octanol–water partition coefficient (Wildman–Crippen LogP) is 2.84. The van der Waals surface area contributed by atoms with Crippen molar-refractivity contribution in [1.29, 1.82) is 0 Å².